The fourth-order valence-electron chi connectivity index (χ4n) is 1.04. The molecule has 1 rings (SSSR count). The first-order valence-corrected chi connectivity index (χ1v) is 3.23. The van der Waals surface area contributed by atoms with Gasteiger partial charge < -0.3 is 15.6 Å². The Kier molecular flexibility index (Phi) is 1.75. The maximum absolute atomic E-state index is 9.17. The van der Waals surface area contributed by atoms with E-state index in [1.165, 1.54) is 0 Å². The average molecular weight is 131 g/mol. The molecule has 0 amide bonds. The van der Waals surface area contributed by atoms with Crippen molar-refractivity contribution in [3.05, 3.63) is 0 Å². The zero-order chi connectivity index (χ0) is 6.91. The molecule has 0 bridgehead atoms. The van der Waals surface area contributed by atoms with Crippen LogP contribution in [0.4, 0.5) is 0 Å². The SMILES string of the molecule is CC(N)(O)[C@H]1CCCO1. The molecule has 1 heterocycles. The smallest absolute Gasteiger partial charge is 0.137 e. The van der Waals surface area contributed by atoms with E-state index < -0.39 is 5.72 Å². The Morgan fingerprint density at radius 2 is 2.44 bits per heavy atom. The van der Waals surface area contributed by atoms with Crippen molar-refractivity contribution in [2.24, 2.45) is 5.73 Å². The molecule has 1 fully saturated rings. The Bertz CT molecular complexity index is 91.7. The van der Waals surface area contributed by atoms with Gasteiger partial charge in [0.05, 0.1) is 6.10 Å². The number of hydrogen-bond donors (Lipinski definition) is 2. The van der Waals surface area contributed by atoms with Crippen molar-refractivity contribution in [3.8, 4) is 0 Å². The van der Waals surface area contributed by atoms with Gasteiger partial charge in [-0.1, -0.05) is 0 Å². The van der Waals surface area contributed by atoms with E-state index in [1.807, 2.05) is 0 Å². The van der Waals surface area contributed by atoms with E-state index in [9.17, 15) is 5.11 Å². The summed E-state index contributed by atoms with van der Waals surface area (Å²) in [4.78, 5) is 0. The highest BCUT2D eigenvalue weighted by molar-refractivity contribution is 4.79. The van der Waals surface area contributed by atoms with Gasteiger partial charge in [0.25, 0.3) is 0 Å². The molecule has 0 aromatic heterocycles. The normalized spacial score (nSPS) is 34.3. The summed E-state index contributed by atoms with van der Waals surface area (Å²) in [5, 5.41) is 9.17. The molecule has 1 aliphatic rings. The molecule has 1 aliphatic heterocycles. The molecule has 1 saturated heterocycles. The summed E-state index contributed by atoms with van der Waals surface area (Å²) < 4.78 is 5.14. The van der Waals surface area contributed by atoms with E-state index in [-0.39, 0.29) is 6.10 Å². The lowest BCUT2D eigenvalue weighted by molar-refractivity contribution is -0.0682. The van der Waals surface area contributed by atoms with E-state index in [0.717, 1.165) is 19.4 Å². The monoisotopic (exact) mass is 131 g/mol. The molecule has 3 nitrogen and oxygen atoms in total. The molecule has 0 radical (unpaired) electrons. The van der Waals surface area contributed by atoms with Crippen molar-refractivity contribution < 1.29 is 9.84 Å². The summed E-state index contributed by atoms with van der Waals surface area (Å²) >= 11 is 0. The van der Waals surface area contributed by atoms with Crippen LogP contribution in [-0.4, -0.2) is 23.5 Å². The van der Waals surface area contributed by atoms with Crippen LogP contribution in [0.1, 0.15) is 19.8 Å². The maximum atomic E-state index is 9.17. The lowest BCUT2D eigenvalue weighted by Gasteiger charge is -2.23. The molecule has 1 unspecified atom stereocenters. The third-order valence-corrected chi connectivity index (χ3v) is 1.58. The molecule has 54 valence electrons. The quantitative estimate of drug-likeness (QED) is 0.486. The number of ether oxygens (including phenoxy) is 1. The Hall–Kier alpha value is -0.120. The minimum atomic E-state index is -1.14. The fourth-order valence-corrected chi connectivity index (χ4v) is 1.04. The van der Waals surface area contributed by atoms with Crippen molar-refractivity contribution in [1.29, 1.82) is 0 Å². The van der Waals surface area contributed by atoms with Crippen LogP contribution in [0.3, 0.4) is 0 Å². The van der Waals surface area contributed by atoms with E-state index >= 15 is 0 Å². The predicted octanol–water partition coefficient (Wildman–Crippen LogP) is -0.167. The number of rotatable bonds is 1. The van der Waals surface area contributed by atoms with Gasteiger partial charge in [0.15, 0.2) is 0 Å². The van der Waals surface area contributed by atoms with Crippen molar-refractivity contribution >= 4 is 0 Å². The van der Waals surface area contributed by atoms with Gasteiger partial charge in [-0.2, -0.15) is 0 Å². The van der Waals surface area contributed by atoms with Crippen LogP contribution in [0, 0.1) is 0 Å². The van der Waals surface area contributed by atoms with Gasteiger partial charge >= 0.3 is 0 Å². The number of aliphatic hydroxyl groups is 1. The number of hydrogen-bond acceptors (Lipinski definition) is 3. The topological polar surface area (TPSA) is 55.5 Å². The van der Waals surface area contributed by atoms with E-state index in [1.54, 1.807) is 6.92 Å². The predicted molar refractivity (Wildman–Crippen MR) is 33.8 cm³/mol. The van der Waals surface area contributed by atoms with E-state index in [4.69, 9.17) is 10.5 Å². The molecule has 2 atom stereocenters. The second kappa shape index (κ2) is 2.25. The zero-order valence-electron chi connectivity index (χ0n) is 5.63. The first kappa shape index (κ1) is 6.99. The lowest BCUT2D eigenvalue weighted by atomic mass is 10.1. The van der Waals surface area contributed by atoms with Gasteiger partial charge in [-0.25, -0.2) is 0 Å². The highest BCUT2D eigenvalue weighted by atomic mass is 16.5. The van der Waals surface area contributed by atoms with Crippen LogP contribution in [0.2, 0.25) is 0 Å². The highest BCUT2D eigenvalue weighted by Crippen LogP contribution is 2.19. The first-order valence-electron chi connectivity index (χ1n) is 3.23. The van der Waals surface area contributed by atoms with Gasteiger partial charge in [-0.15, -0.1) is 0 Å². The summed E-state index contributed by atoms with van der Waals surface area (Å²) in [6.07, 6.45) is 1.74. The summed E-state index contributed by atoms with van der Waals surface area (Å²) in [7, 11) is 0. The lowest BCUT2D eigenvalue weighted by Crippen LogP contribution is -2.47. The summed E-state index contributed by atoms with van der Waals surface area (Å²) in [5.41, 5.74) is 4.23. The summed E-state index contributed by atoms with van der Waals surface area (Å²) in [6.45, 7) is 2.31. The zero-order valence-corrected chi connectivity index (χ0v) is 5.63. The maximum Gasteiger partial charge on any atom is 0.137 e. The van der Waals surface area contributed by atoms with Crippen LogP contribution in [-0.2, 0) is 4.74 Å². The number of nitrogens with two attached hydrogens (primary N) is 1. The van der Waals surface area contributed by atoms with Gasteiger partial charge in [-0.05, 0) is 19.8 Å². The molecule has 0 aliphatic carbocycles. The van der Waals surface area contributed by atoms with E-state index in [2.05, 4.69) is 0 Å². The fraction of sp³-hybridized carbons (Fsp3) is 1.00. The second-order valence-electron chi connectivity index (χ2n) is 2.73. The van der Waals surface area contributed by atoms with Gasteiger partial charge in [0, 0.05) is 6.61 Å². The van der Waals surface area contributed by atoms with Crippen molar-refractivity contribution in [2.75, 3.05) is 6.61 Å². The Morgan fingerprint density at radius 3 is 2.67 bits per heavy atom. The van der Waals surface area contributed by atoms with Crippen LogP contribution in [0.25, 0.3) is 0 Å². The van der Waals surface area contributed by atoms with Crippen LogP contribution in [0.15, 0.2) is 0 Å². The Labute approximate surface area is 54.8 Å². The molecule has 0 aromatic carbocycles. The molecule has 0 spiro atoms. The van der Waals surface area contributed by atoms with Crippen LogP contribution in [0.5, 0.6) is 0 Å². The van der Waals surface area contributed by atoms with Crippen LogP contribution >= 0.6 is 0 Å². The van der Waals surface area contributed by atoms with Gasteiger partial charge in [0.1, 0.15) is 5.72 Å². The molecule has 3 heteroatoms. The minimum Gasteiger partial charge on any atom is -0.374 e. The minimum absolute atomic E-state index is 0.155. The second-order valence-corrected chi connectivity index (χ2v) is 2.73. The molecular formula is C6H13NO2. The standard InChI is InChI=1S/C6H13NO2/c1-6(7,8)5-3-2-4-9-5/h5,8H,2-4,7H2,1H3/t5-,6?/m1/s1. The summed E-state index contributed by atoms with van der Waals surface area (Å²) in [5.74, 6) is 0. The first-order chi connectivity index (χ1) is 4.11. The molecule has 0 saturated carbocycles. The molecule has 0 aromatic rings. The Balaban J connectivity index is 2.42. The van der Waals surface area contributed by atoms with Crippen molar-refractivity contribution in [2.45, 2.75) is 31.6 Å². The molecule has 9 heavy (non-hydrogen) atoms. The Morgan fingerprint density at radius 1 is 1.78 bits per heavy atom. The van der Waals surface area contributed by atoms with E-state index in [0.29, 0.717) is 0 Å². The van der Waals surface area contributed by atoms with Crippen molar-refractivity contribution in [3.63, 3.8) is 0 Å². The third kappa shape index (κ3) is 1.64. The average Bonchev–Trinajstić information content (AvgIpc) is 2.08. The van der Waals surface area contributed by atoms with Gasteiger partial charge in [-0.3, -0.25) is 0 Å². The largest absolute Gasteiger partial charge is 0.374 e. The van der Waals surface area contributed by atoms with Gasteiger partial charge in [0.2, 0.25) is 0 Å². The van der Waals surface area contributed by atoms with Crippen molar-refractivity contribution in [1.82, 2.24) is 0 Å². The highest BCUT2D eigenvalue weighted by Gasteiger charge is 2.30. The van der Waals surface area contributed by atoms with Crippen LogP contribution < -0.4 is 5.73 Å². The third-order valence-electron chi connectivity index (χ3n) is 1.58. The summed E-state index contributed by atoms with van der Waals surface area (Å²) in [6, 6.07) is 0. The molecule has 3 N–H and O–H groups in total. The molecular weight excluding hydrogens is 118 g/mol.